The van der Waals surface area contributed by atoms with Gasteiger partial charge in [0.2, 0.25) is 5.91 Å². The molecule has 29 heavy (non-hydrogen) atoms. The summed E-state index contributed by atoms with van der Waals surface area (Å²) in [5.74, 6) is -0.658. The van der Waals surface area contributed by atoms with Gasteiger partial charge in [0.15, 0.2) is 5.13 Å². The van der Waals surface area contributed by atoms with E-state index in [0.29, 0.717) is 28.4 Å². The Morgan fingerprint density at radius 3 is 2.66 bits per heavy atom. The molecule has 0 aliphatic heterocycles. The lowest BCUT2D eigenvalue weighted by Gasteiger charge is -2.03. The van der Waals surface area contributed by atoms with E-state index in [2.05, 4.69) is 10.3 Å². The van der Waals surface area contributed by atoms with Crippen LogP contribution in [-0.2, 0) is 16.0 Å². The zero-order valence-electron chi connectivity index (χ0n) is 15.7. The lowest BCUT2D eigenvalue weighted by Crippen LogP contribution is -2.14. The van der Waals surface area contributed by atoms with Crippen LogP contribution in [0.5, 0.6) is 0 Å². The second-order valence-corrected chi connectivity index (χ2v) is 7.37. The number of anilines is 1. The van der Waals surface area contributed by atoms with Gasteiger partial charge in [0, 0.05) is 12.1 Å². The summed E-state index contributed by atoms with van der Waals surface area (Å²) in [7, 11) is 0. The van der Waals surface area contributed by atoms with Crippen LogP contribution in [0.25, 0.3) is 10.2 Å². The quantitative estimate of drug-likeness (QED) is 0.254. The molecule has 0 fully saturated rings. The number of nitro groups is 1. The smallest absolute Gasteiger partial charge is 0.338 e. The molecule has 150 valence electrons. The van der Waals surface area contributed by atoms with Crippen molar-refractivity contribution in [3.63, 3.8) is 0 Å². The maximum Gasteiger partial charge on any atom is 0.338 e. The first-order valence-electron chi connectivity index (χ1n) is 9.07. The number of hydrogen-bond acceptors (Lipinski definition) is 7. The van der Waals surface area contributed by atoms with E-state index in [1.54, 1.807) is 30.3 Å². The molecule has 0 spiro atoms. The average molecular weight is 413 g/mol. The predicted molar refractivity (Wildman–Crippen MR) is 110 cm³/mol. The van der Waals surface area contributed by atoms with Crippen molar-refractivity contribution in [3.05, 3.63) is 63.7 Å². The number of nitro benzene ring substituents is 1. The Morgan fingerprint density at radius 2 is 1.97 bits per heavy atom. The van der Waals surface area contributed by atoms with Gasteiger partial charge in [0.05, 0.1) is 33.7 Å². The summed E-state index contributed by atoms with van der Waals surface area (Å²) in [6.45, 7) is 2.41. The fraction of sp³-hybridized carbons (Fsp3) is 0.250. The summed E-state index contributed by atoms with van der Waals surface area (Å²) in [4.78, 5) is 38.9. The van der Waals surface area contributed by atoms with Crippen LogP contribution in [0.4, 0.5) is 10.8 Å². The van der Waals surface area contributed by atoms with Crippen LogP contribution >= 0.6 is 11.3 Å². The third-order valence-corrected chi connectivity index (χ3v) is 5.05. The van der Waals surface area contributed by atoms with Crippen LogP contribution in [0.2, 0.25) is 0 Å². The second-order valence-electron chi connectivity index (χ2n) is 6.34. The Labute approximate surface area is 170 Å². The van der Waals surface area contributed by atoms with Crippen molar-refractivity contribution in [2.45, 2.75) is 26.2 Å². The summed E-state index contributed by atoms with van der Waals surface area (Å²) in [5, 5.41) is 13.8. The molecule has 0 saturated carbocycles. The summed E-state index contributed by atoms with van der Waals surface area (Å²) >= 11 is 1.26. The molecular formula is C20H19N3O5S. The van der Waals surface area contributed by atoms with E-state index in [1.807, 2.05) is 6.92 Å². The largest absolute Gasteiger partial charge is 0.462 e. The number of non-ortho nitro benzene ring substituents is 1. The minimum Gasteiger partial charge on any atom is -0.462 e. The highest BCUT2D eigenvalue weighted by Crippen LogP contribution is 2.27. The maximum absolute atomic E-state index is 12.2. The number of unbranched alkanes of at least 4 members (excludes halogenated alkanes) is 1. The first-order chi connectivity index (χ1) is 14.0. The van der Waals surface area contributed by atoms with Crippen molar-refractivity contribution < 1.29 is 19.2 Å². The minimum absolute atomic E-state index is 0.0237. The fourth-order valence-electron chi connectivity index (χ4n) is 2.58. The number of rotatable bonds is 8. The number of thiazole rings is 1. The molecule has 0 bridgehead atoms. The molecule has 2 aromatic carbocycles. The molecule has 1 N–H and O–H groups in total. The van der Waals surface area contributed by atoms with E-state index in [0.717, 1.165) is 17.5 Å². The van der Waals surface area contributed by atoms with Gasteiger partial charge in [0.25, 0.3) is 5.69 Å². The van der Waals surface area contributed by atoms with Gasteiger partial charge in [-0.2, -0.15) is 0 Å². The van der Waals surface area contributed by atoms with E-state index >= 15 is 0 Å². The molecule has 1 aromatic heterocycles. The van der Waals surface area contributed by atoms with E-state index in [4.69, 9.17) is 4.74 Å². The lowest BCUT2D eigenvalue weighted by molar-refractivity contribution is -0.384. The molecule has 0 aliphatic carbocycles. The molecule has 3 aromatic rings. The van der Waals surface area contributed by atoms with E-state index in [1.165, 1.54) is 23.5 Å². The Kier molecular flexibility index (Phi) is 6.50. The first kappa shape index (κ1) is 20.4. The van der Waals surface area contributed by atoms with Crippen molar-refractivity contribution in [3.8, 4) is 0 Å². The number of aromatic nitrogens is 1. The molecule has 0 atom stereocenters. The Hall–Kier alpha value is -3.33. The number of hydrogen-bond donors (Lipinski definition) is 1. The molecule has 0 unspecified atom stereocenters. The first-order valence-corrected chi connectivity index (χ1v) is 9.89. The molecule has 0 aliphatic rings. The van der Waals surface area contributed by atoms with Crippen molar-refractivity contribution >= 4 is 44.2 Å². The zero-order chi connectivity index (χ0) is 20.8. The van der Waals surface area contributed by atoms with Gasteiger partial charge in [0.1, 0.15) is 0 Å². The maximum atomic E-state index is 12.2. The van der Waals surface area contributed by atoms with Gasteiger partial charge in [-0.3, -0.25) is 14.9 Å². The number of amides is 1. The van der Waals surface area contributed by atoms with Crippen LogP contribution in [0.15, 0.2) is 42.5 Å². The SMILES string of the molecule is CCCCOC(=O)c1ccc2nc(NC(=O)Cc3ccc([N+](=O)[O-])cc3)sc2c1. The second kappa shape index (κ2) is 9.24. The molecule has 3 rings (SSSR count). The highest BCUT2D eigenvalue weighted by atomic mass is 32.1. The molecule has 9 heteroatoms. The average Bonchev–Trinajstić information content (AvgIpc) is 3.09. The third-order valence-electron chi connectivity index (χ3n) is 4.11. The van der Waals surface area contributed by atoms with Crippen molar-refractivity contribution in [1.29, 1.82) is 0 Å². The summed E-state index contributed by atoms with van der Waals surface area (Å²) in [6.07, 6.45) is 1.84. The van der Waals surface area contributed by atoms with Gasteiger partial charge >= 0.3 is 5.97 Å². The van der Waals surface area contributed by atoms with Gasteiger partial charge in [-0.1, -0.05) is 36.8 Å². The minimum atomic E-state index is -0.487. The third kappa shape index (κ3) is 5.35. The van der Waals surface area contributed by atoms with E-state index in [-0.39, 0.29) is 24.0 Å². The molecular weight excluding hydrogens is 394 g/mol. The number of fused-ring (bicyclic) bond motifs is 1. The summed E-state index contributed by atoms with van der Waals surface area (Å²) in [5.41, 5.74) is 1.75. The number of nitrogens with one attached hydrogen (secondary N) is 1. The number of benzene rings is 2. The normalized spacial score (nSPS) is 10.7. The lowest BCUT2D eigenvalue weighted by atomic mass is 10.1. The van der Waals surface area contributed by atoms with Gasteiger partial charge in [-0.25, -0.2) is 9.78 Å². The number of nitrogens with zero attached hydrogens (tertiary/aromatic N) is 2. The number of ether oxygens (including phenoxy) is 1. The molecule has 1 heterocycles. The van der Waals surface area contributed by atoms with Crippen LogP contribution in [-0.4, -0.2) is 28.4 Å². The Balaban J connectivity index is 1.64. The summed E-state index contributed by atoms with van der Waals surface area (Å²) in [6, 6.07) is 10.9. The Bertz CT molecular complexity index is 1050. The molecule has 1 amide bonds. The van der Waals surface area contributed by atoms with E-state index < -0.39 is 4.92 Å². The molecule has 0 saturated heterocycles. The predicted octanol–water partition coefficient (Wildman–Crippen LogP) is 4.34. The van der Waals surface area contributed by atoms with Crippen LogP contribution in [0.1, 0.15) is 35.7 Å². The monoisotopic (exact) mass is 413 g/mol. The highest BCUT2D eigenvalue weighted by Gasteiger charge is 2.13. The van der Waals surface area contributed by atoms with Crippen molar-refractivity contribution in [2.75, 3.05) is 11.9 Å². The molecule has 0 radical (unpaired) electrons. The topological polar surface area (TPSA) is 111 Å². The van der Waals surface area contributed by atoms with E-state index in [9.17, 15) is 19.7 Å². The van der Waals surface area contributed by atoms with Crippen molar-refractivity contribution in [1.82, 2.24) is 4.98 Å². The number of carbonyl (C=O) groups excluding carboxylic acids is 2. The van der Waals surface area contributed by atoms with Gasteiger partial charge in [-0.05, 0) is 30.2 Å². The van der Waals surface area contributed by atoms with Crippen LogP contribution in [0.3, 0.4) is 0 Å². The fourth-order valence-corrected chi connectivity index (χ4v) is 3.50. The van der Waals surface area contributed by atoms with Crippen LogP contribution in [0, 0.1) is 10.1 Å². The Morgan fingerprint density at radius 1 is 1.21 bits per heavy atom. The van der Waals surface area contributed by atoms with Crippen molar-refractivity contribution in [2.24, 2.45) is 0 Å². The molecule has 8 nitrogen and oxygen atoms in total. The highest BCUT2D eigenvalue weighted by molar-refractivity contribution is 7.22. The standard InChI is InChI=1S/C20H19N3O5S/c1-2-3-10-28-19(25)14-6-9-16-17(12-14)29-20(21-16)22-18(24)11-13-4-7-15(8-5-13)23(26)27/h4-9,12H,2-3,10-11H2,1H3,(H,21,22,24). The zero-order valence-corrected chi connectivity index (χ0v) is 16.5. The van der Waals surface area contributed by atoms with Gasteiger partial charge in [-0.15, -0.1) is 0 Å². The number of carbonyl (C=O) groups is 2. The summed E-state index contributed by atoms with van der Waals surface area (Å²) < 4.78 is 5.98. The van der Waals surface area contributed by atoms with Crippen LogP contribution < -0.4 is 5.32 Å². The van der Waals surface area contributed by atoms with Gasteiger partial charge < -0.3 is 10.1 Å². The number of esters is 1.